The molecule has 144 valence electrons. The highest BCUT2D eigenvalue weighted by Crippen LogP contribution is 2.23. The van der Waals surface area contributed by atoms with Crippen molar-refractivity contribution < 1.29 is 38.1 Å². The van der Waals surface area contributed by atoms with E-state index in [2.05, 4.69) is 9.84 Å². The summed E-state index contributed by atoms with van der Waals surface area (Å²) < 4.78 is 20.3. The Hall–Kier alpha value is -3.43. The summed E-state index contributed by atoms with van der Waals surface area (Å²) in [4.78, 5) is 48.7. The van der Waals surface area contributed by atoms with Gasteiger partial charge < -0.3 is 18.9 Å². The number of rotatable bonds is 6. The van der Waals surface area contributed by atoms with E-state index in [0.29, 0.717) is 0 Å². The SMILES string of the molecule is CCOC(=O)c1cc2c(C(=O)OC)c(C(=O)OC)nn2cc1C(=O)OCC. The Balaban J connectivity index is 2.82. The van der Waals surface area contributed by atoms with Crippen LogP contribution < -0.4 is 0 Å². The predicted molar refractivity (Wildman–Crippen MR) is 89.8 cm³/mol. The zero-order valence-corrected chi connectivity index (χ0v) is 15.2. The van der Waals surface area contributed by atoms with Gasteiger partial charge in [-0.15, -0.1) is 0 Å². The van der Waals surface area contributed by atoms with E-state index >= 15 is 0 Å². The Kier molecular flexibility index (Phi) is 6.11. The Morgan fingerprint density at radius 1 is 0.889 bits per heavy atom. The van der Waals surface area contributed by atoms with Gasteiger partial charge in [-0.1, -0.05) is 0 Å². The molecule has 0 saturated carbocycles. The van der Waals surface area contributed by atoms with Crippen LogP contribution in [0.5, 0.6) is 0 Å². The van der Waals surface area contributed by atoms with Crippen molar-refractivity contribution >= 4 is 29.4 Å². The van der Waals surface area contributed by atoms with Crippen molar-refractivity contribution in [2.24, 2.45) is 0 Å². The van der Waals surface area contributed by atoms with Crippen LogP contribution in [0, 0.1) is 0 Å². The number of carbonyl (C=O) groups excluding carboxylic acids is 4. The third-order valence-corrected chi connectivity index (χ3v) is 3.53. The highest BCUT2D eigenvalue weighted by Gasteiger charge is 2.29. The maximum absolute atomic E-state index is 12.3. The average molecular weight is 378 g/mol. The number of methoxy groups -OCH3 is 2. The van der Waals surface area contributed by atoms with Gasteiger partial charge in [0.15, 0.2) is 5.69 Å². The number of hydrogen-bond donors (Lipinski definition) is 0. The van der Waals surface area contributed by atoms with E-state index in [1.54, 1.807) is 13.8 Å². The van der Waals surface area contributed by atoms with Gasteiger partial charge >= 0.3 is 23.9 Å². The number of ether oxygens (including phenoxy) is 4. The fourth-order valence-corrected chi connectivity index (χ4v) is 2.38. The molecule has 0 aliphatic rings. The van der Waals surface area contributed by atoms with E-state index in [0.717, 1.165) is 18.7 Å². The molecule has 0 spiro atoms. The van der Waals surface area contributed by atoms with Crippen molar-refractivity contribution in [2.75, 3.05) is 27.4 Å². The van der Waals surface area contributed by atoms with Gasteiger partial charge in [0.2, 0.25) is 0 Å². The van der Waals surface area contributed by atoms with Crippen molar-refractivity contribution in [1.29, 1.82) is 0 Å². The van der Waals surface area contributed by atoms with Gasteiger partial charge in [-0.3, -0.25) is 0 Å². The van der Waals surface area contributed by atoms with Gasteiger partial charge in [0.1, 0.15) is 5.56 Å². The number of nitrogens with zero attached hydrogens (tertiary/aromatic N) is 2. The van der Waals surface area contributed by atoms with Crippen LogP contribution in [0.1, 0.15) is 55.4 Å². The Morgan fingerprint density at radius 3 is 1.96 bits per heavy atom. The van der Waals surface area contributed by atoms with Crippen molar-refractivity contribution in [3.8, 4) is 0 Å². The number of fused-ring (bicyclic) bond motifs is 1. The number of esters is 4. The summed E-state index contributed by atoms with van der Waals surface area (Å²) in [5.74, 6) is -3.31. The monoisotopic (exact) mass is 378 g/mol. The van der Waals surface area contributed by atoms with Gasteiger partial charge in [0.05, 0.1) is 44.1 Å². The fraction of sp³-hybridized carbons (Fsp3) is 0.353. The Morgan fingerprint density at radius 2 is 1.44 bits per heavy atom. The van der Waals surface area contributed by atoms with Crippen LogP contribution in [0.15, 0.2) is 12.3 Å². The fourth-order valence-electron chi connectivity index (χ4n) is 2.38. The molecular weight excluding hydrogens is 360 g/mol. The molecule has 0 saturated heterocycles. The van der Waals surface area contributed by atoms with Gasteiger partial charge in [-0.2, -0.15) is 5.10 Å². The molecule has 10 nitrogen and oxygen atoms in total. The van der Waals surface area contributed by atoms with Crippen LogP contribution in [-0.2, 0) is 18.9 Å². The highest BCUT2D eigenvalue weighted by molar-refractivity contribution is 6.09. The molecule has 0 atom stereocenters. The quantitative estimate of drug-likeness (QED) is 0.540. The van der Waals surface area contributed by atoms with Gasteiger partial charge in [-0.05, 0) is 19.9 Å². The minimum atomic E-state index is -0.880. The van der Waals surface area contributed by atoms with Gasteiger partial charge in [0.25, 0.3) is 0 Å². The molecular formula is C17H18N2O8. The zero-order valence-electron chi connectivity index (χ0n) is 15.2. The van der Waals surface area contributed by atoms with Crippen LogP contribution in [0.25, 0.3) is 5.52 Å². The average Bonchev–Trinajstić information content (AvgIpc) is 3.04. The number of pyridine rings is 1. The standard InChI is InChI=1S/C17H18N2O8/c1-5-26-14(20)9-7-11-12(16(22)24-3)13(17(23)25-4)18-19(11)8-10(9)15(21)27-6-2/h7-8H,5-6H2,1-4H3. The lowest BCUT2D eigenvalue weighted by molar-refractivity contribution is 0.0478. The lowest BCUT2D eigenvalue weighted by atomic mass is 10.1. The van der Waals surface area contributed by atoms with E-state index in [9.17, 15) is 19.2 Å². The summed E-state index contributed by atoms with van der Waals surface area (Å²) in [6.07, 6.45) is 1.18. The zero-order chi connectivity index (χ0) is 20.1. The van der Waals surface area contributed by atoms with Gasteiger partial charge in [0, 0.05) is 6.20 Å². The molecule has 0 radical (unpaired) electrons. The summed E-state index contributed by atoms with van der Waals surface area (Å²) in [5.41, 5.74) is -0.716. The number of hydrogen-bond acceptors (Lipinski definition) is 9. The second-order valence-electron chi connectivity index (χ2n) is 5.08. The van der Waals surface area contributed by atoms with Gasteiger partial charge in [-0.25, -0.2) is 23.7 Å². The molecule has 10 heteroatoms. The van der Waals surface area contributed by atoms with E-state index in [-0.39, 0.29) is 41.1 Å². The molecule has 2 aromatic rings. The number of aromatic nitrogens is 2. The predicted octanol–water partition coefficient (Wildman–Crippen LogP) is 1.26. The van der Waals surface area contributed by atoms with Crippen molar-refractivity contribution in [3.05, 3.63) is 34.6 Å². The first-order valence-corrected chi connectivity index (χ1v) is 7.96. The van der Waals surface area contributed by atoms with E-state index in [4.69, 9.17) is 14.2 Å². The molecule has 2 rings (SSSR count). The molecule has 2 aromatic heterocycles. The molecule has 0 aromatic carbocycles. The second-order valence-corrected chi connectivity index (χ2v) is 5.08. The van der Waals surface area contributed by atoms with Crippen LogP contribution in [0.3, 0.4) is 0 Å². The first-order chi connectivity index (χ1) is 12.9. The van der Waals surface area contributed by atoms with Crippen LogP contribution in [0.4, 0.5) is 0 Å². The lowest BCUT2D eigenvalue weighted by Gasteiger charge is -2.09. The van der Waals surface area contributed by atoms with E-state index in [1.165, 1.54) is 12.3 Å². The summed E-state index contributed by atoms with van der Waals surface area (Å²) in [7, 11) is 2.26. The minimum Gasteiger partial charge on any atom is -0.465 e. The topological polar surface area (TPSA) is 123 Å². The molecule has 0 amide bonds. The molecule has 0 unspecified atom stereocenters. The van der Waals surface area contributed by atoms with Crippen molar-refractivity contribution in [3.63, 3.8) is 0 Å². The first-order valence-electron chi connectivity index (χ1n) is 7.96. The largest absolute Gasteiger partial charge is 0.465 e. The minimum absolute atomic E-state index is 0.0679. The summed E-state index contributed by atoms with van der Waals surface area (Å²) >= 11 is 0. The molecule has 27 heavy (non-hydrogen) atoms. The Labute approximate surface area is 153 Å². The maximum atomic E-state index is 12.3. The summed E-state index contributed by atoms with van der Waals surface area (Å²) in [6.45, 7) is 3.37. The van der Waals surface area contributed by atoms with Crippen LogP contribution in [-0.4, -0.2) is 60.9 Å². The third kappa shape index (κ3) is 3.73. The first kappa shape index (κ1) is 19.9. The molecule has 0 bridgehead atoms. The molecule has 2 heterocycles. The van der Waals surface area contributed by atoms with Crippen LogP contribution in [0.2, 0.25) is 0 Å². The summed E-state index contributed by atoms with van der Waals surface area (Å²) in [6, 6.07) is 1.22. The molecule has 0 N–H and O–H groups in total. The second kappa shape index (κ2) is 8.30. The van der Waals surface area contributed by atoms with Crippen molar-refractivity contribution in [2.45, 2.75) is 13.8 Å². The normalized spacial score (nSPS) is 10.4. The van der Waals surface area contributed by atoms with E-state index in [1.807, 2.05) is 0 Å². The molecule has 0 aliphatic heterocycles. The highest BCUT2D eigenvalue weighted by atomic mass is 16.5. The molecule has 0 fully saturated rings. The number of carbonyl (C=O) groups is 4. The lowest BCUT2D eigenvalue weighted by Crippen LogP contribution is -2.16. The summed E-state index contributed by atoms with van der Waals surface area (Å²) in [5, 5.41) is 3.98. The third-order valence-electron chi connectivity index (χ3n) is 3.53. The Bertz CT molecular complexity index is 915. The van der Waals surface area contributed by atoms with Crippen molar-refractivity contribution in [1.82, 2.24) is 9.61 Å². The molecule has 0 aliphatic carbocycles. The van der Waals surface area contributed by atoms with Crippen LogP contribution >= 0.6 is 0 Å². The maximum Gasteiger partial charge on any atom is 0.359 e. The smallest absolute Gasteiger partial charge is 0.359 e. The van der Waals surface area contributed by atoms with E-state index < -0.39 is 23.9 Å².